The summed E-state index contributed by atoms with van der Waals surface area (Å²) in [6.45, 7) is 2.49. The number of carboxylic acids is 1. The van der Waals surface area contributed by atoms with Gasteiger partial charge in [0, 0.05) is 13.1 Å². The fourth-order valence-electron chi connectivity index (χ4n) is 2.02. The molecule has 1 fully saturated rings. The number of carbonyl (C=O) groups excluding carboxylic acids is 1. The zero-order valence-corrected chi connectivity index (χ0v) is 9.55. The van der Waals surface area contributed by atoms with Gasteiger partial charge in [0.05, 0.1) is 5.92 Å². The van der Waals surface area contributed by atoms with Crippen molar-refractivity contribution in [1.82, 2.24) is 9.88 Å². The van der Waals surface area contributed by atoms with Crippen LogP contribution in [0.25, 0.3) is 0 Å². The first kappa shape index (κ1) is 11.6. The summed E-state index contributed by atoms with van der Waals surface area (Å²) in [5.74, 6) is -1.10. The number of aryl methyl sites for hydroxylation is 1. The molecule has 0 aromatic carbocycles. The predicted octanol–water partition coefficient (Wildman–Crippen LogP) is 0.920. The lowest BCUT2D eigenvalue weighted by molar-refractivity contribution is -0.143. The third kappa shape index (κ3) is 2.30. The fourth-order valence-corrected chi connectivity index (χ4v) is 2.02. The largest absolute Gasteiger partial charge is 0.481 e. The lowest BCUT2D eigenvalue weighted by atomic mass is 9.98. The highest BCUT2D eigenvalue weighted by Gasteiger charge is 2.30. The van der Waals surface area contributed by atoms with Crippen LogP contribution in [0, 0.1) is 12.8 Å². The number of nitrogens with zero attached hydrogens (tertiary/aromatic N) is 2. The van der Waals surface area contributed by atoms with Gasteiger partial charge in [-0.2, -0.15) is 0 Å². The van der Waals surface area contributed by atoms with Crippen LogP contribution in [-0.2, 0) is 4.79 Å². The van der Waals surface area contributed by atoms with Gasteiger partial charge < -0.3 is 14.4 Å². The number of likely N-dealkylation sites (tertiary alicyclic amines) is 1. The molecule has 1 amide bonds. The van der Waals surface area contributed by atoms with E-state index in [4.69, 9.17) is 9.52 Å². The third-order valence-corrected chi connectivity index (χ3v) is 3.01. The van der Waals surface area contributed by atoms with Crippen molar-refractivity contribution in [3.05, 3.63) is 17.8 Å². The van der Waals surface area contributed by atoms with Gasteiger partial charge in [-0.3, -0.25) is 9.59 Å². The summed E-state index contributed by atoms with van der Waals surface area (Å²) in [5.41, 5.74) is 0.274. The highest BCUT2D eigenvalue weighted by molar-refractivity contribution is 5.93. The fraction of sp³-hybridized carbons (Fsp3) is 0.545. The Morgan fingerprint density at radius 1 is 1.59 bits per heavy atom. The molecular weight excluding hydrogens is 224 g/mol. The summed E-state index contributed by atoms with van der Waals surface area (Å²) >= 11 is 0. The zero-order valence-electron chi connectivity index (χ0n) is 9.55. The number of oxazole rings is 1. The van der Waals surface area contributed by atoms with Crippen LogP contribution in [0.2, 0.25) is 0 Å². The molecule has 1 atom stereocenters. The van der Waals surface area contributed by atoms with E-state index in [1.807, 2.05) is 0 Å². The number of hydrogen-bond acceptors (Lipinski definition) is 4. The van der Waals surface area contributed by atoms with E-state index in [9.17, 15) is 9.59 Å². The Hall–Kier alpha value is -1.85. The Morgan fingerprint density at radius 2 is 2.35 bits per heavy atom. The number of piperidine rings is 1. The van der Waals surface area contributed by atoms with Crippen molar-refractivity contribution >= 4 is 11.9 Å². The lowest BCUT2D eigenvalue weighted by Crippen LogP contribution is -2.42. The van der Waals surface area contributed by atoms with Crippen molar-refractivity contribution < 1.29 is 19.1 Å². The Balaban J connectivity index is 2.10. The maximum absolute atomic E-state index is 12.1. The number of hydrogen-bond donors (Lipinski definition) is 1. The number of rotatable bonds is 2. The van der Waals surface area contributed by atoms with E-state index in [0.717, 1.165) is 0 Å². The molecule has 6 nitrogen and oxygen atoms in total. The van der Waals surface area contributed by atoms with E-state index in [0.29, 0.717) is 25.1 Å². The summed E-state index contributed by atoms with van der Waals surface area (Å²) in [6.07, 6.45) is 2.55. The van der Waals surface area contributed by atoms with E-state index >= 15 is 0 Å². The lowest BCUT2D eigenvalue weighted by Gasteiger charge is -2.30. The highest BCUT2D eigenvalue weighted by atomic mass is 16.4. The molecule has 1 saturated heterocycles. The Labute approximate surface area is 98.2 Å². The van der Waals surface area contributed by atoms with Crippen LogP contribution in [0.4, 0.5) is 0 Å². The van der Waals surface area contributed by atoms with Crippen LogP contribution in [0.15, 0.2) is 10.8 Å². The summed E-state index contributed by atoms with van der Waals surface area (Å²) < 4.78 is 4.98. The summed E-state index contributed by atoms with van der Waals surface area (Å²) in [5, 5.41) is 8.95. The second-order valence-corrected chi connectivity index (χ2v) is 4.19. The van der Waals surface area contributed by atoms with Crippen molar-refractivity contribution in [2.75, 3.05) is 13.1 Å². The smallest absolute Gasteiger partial charge is 0.308 e. The molecule has 2 rings (SSSR count). The normalized spacial score (nSPS) is 20.3. The SMILES string of the molecule is Cc1ocnc1C(=O)N1CCC[C@@H](C(=O)O)C1. The average Bonchev–Trinajstić information content (AvgIpc) is 2.74. The number of carboxylic acid groups (broad SMARTS) is 1. The van der Waals surface area contributed by atoms with E-state index < -0.39 is 11.9 Å². The summed E-state index contributed by atoms with van der Waals surface area (Å²) in [6, 6.07) is 0. The molecule has 0 saturated carbocycles. The third-order valence-electron chi connectivity index (χ3n) is 3.01. The van der Waals surface area contributed by atoms with Gasteiger partial charge in [0.25, 0.3) is 5.91 Å². The van der Waals surface area contributed by atoms with Crippen molar-refractivity contribution in [3.8, 4) is 0 Å². The molecule has 1 aliphatic heterocycles. The minimum Gasteiger partial charge on any atom is -0.481 e. The minimum absolute atomic E-state index is 0.248. The van der Waals surface area contributed by atoms with Gasteiger partial charge in [-0.05, 0) is 19.8 Å². The number of aromatic nitrogens is 1. The molecule has 0 unspecified atom stereocenters. The molecule has 1 aromatic heterocycles. The second kappa shape index (κ2) is 4.57. The first-order valence-electron chi connectivity index (χ1n) is 5.51. The van der Waals surface area contributed by atoms with Crippen LogP contribution in [0.3, 0.4) is 0 Å². The summed E-state index contributed by atoms with van der Waals surface area (Å²) in [7, 11) is 0. The van der Waals surface area contributed by atoms with E-state index in [-0.39, 0.29) is 18.1 Å². The van der Waals surface area contributed by atoms with Gasteiger partial charge in [0.15, 0.2) is 12.1 Å². The summed E-state index contributed by atoms with van der Waals surface area (Å²) in [4.78, 5) is 28.4. The van der Waals surface area contributed by atoms with E-state index in [1.54, 1.807) is 6.92 Å². The zero-order chi connectivity index (χ0) is 12.4. The number of carbonyl (C=O) groups is 2. The molecule has 2 heterocycles. The van der Waals surface area contributed by atoms with E-state index in [1.165, 1.54) is 11.3 Å². The van der Waals surface area contributed by atoms with Gasteiger partial charge >= 0.3 is 5.97 Å². The van der Waals surface area contributed by atoms with Gasteiger partial charge in [-0.1, -0.05) is 0 Å². The monoisotopic (exact) mass is 238 g/mol. The molecule has 0 spiro atoms. The van der Waals surface area contributed by atoms with Gasteiger partial charge in [0.2, 0.25) is 0 Å². The number of aliphatic carboxylic acids is 1. The molecule has 17 heavy (non-hydrogen) atoms. The molecule has 1 aliphatic rings. The second-order valence-electron chi connectivity index (χ2n) is 4.19. The van der Waals surface area contributed by atoms with Crippen molar-refractivity contribution in [2.45, 2.75) is 19.8 Å². The Bertz CT molecular complexity index is 440. The first-order chi connectivity index (χ1) is 8.09. The molecule has 0 radical (unpaired) electrons. The predicted molar refractivity (Wildman–Crippen MR) is 57.5 cm³/mol. The number of amides is 1. The van der Waals surface area contributed by atoms with Crippen LogP contribution < -0.4 is 0 Å². The highest BCUT2D eigenvalue weighted by Crippen LogP contribution is 2.19. The maximum atomic E-state index is 12.1. The average molecular weight is 238 g/mol. The molecule has 1 aromatic rings. The topological polar surface area (TPSA) is 83.6 Å². The van der Waals surface area contributed by atoms with Crippen LogP contribution >= 0.6 is 0 Å². The minimum atomic E-state index is -0.848. The molecule has 1 N–H and O–H groups in total. The van der Waals surface area contributed by atoms with Crippen LogP contribution in [-0.4, -0.2) is 40.0 Å². The Kier molecular flexibility index (Phi) is 3.12. The van der Waals surface area contributed by atoms with Gasteiger partial charge in [-0.15, -0.1) is 0 Å². The Morgan fingerprint density at radius 3 is 2.94 bits per heavy atom. The maximum Gasteiger partial charge on any atom is 0.308 e. The first-order valence-corrected chi connectivity index (χ1v) is 5.51. The molecule has 0 aliphatic carbocycles. The van der Waals surface area contributed by atoms with Crippen LogP contribution in [0.5, 0.6) is 0 Å². The van der Waals surface area contributed by atoms with E-state index in [2.05, 4.69) is 4.98 Å². The standard InChI is InChI=1S/C11H14N2O4/c1-7-9(12-6-17-7)10(14)13-4-2-3-8(5-13)11(15)16/h6,8H,2-5H2,1H3,(H,15,16)/t8-/m1/s1. The van der Waals surface area contributed by atoms with Gasteiger partial charge in [0.1, 0.15) is 5.76 Å². The molecular formula is C11H14N2O4. The van der Waals surface area contributed by atoms with Gasteiger partial charge in [-0.25, -0.2) is 4.98 Å². The van der Waals surface area contributed by atoms with Crippen molar-refractivity contribution in [3.63, 3.8) is 0 Å². The van der Waals surface area contributed by atoms with Crippen LogP contribution in [0.1, 0.15) is 29.1 Å². The van der Waals surface area contributed by atoms with Crippen molar-refractivity contribution in [2.24, 2.45) is 5.92 Å². The molecule has 6 heteroatoms. The quantitative estimate of drug-likeness (QED) is 0.828. The molecule has 0 bridgehead atoms. The van der Waals surface area contributed by atoms with Crippen molar-refractivity contribution in [1.29, 1.82) is 0 Å². The molecule has 92 valence electrons.